The summed E-state index contributed by atoms with van der Waals surface area (Å²) in [6.45, 7) is 5.45. The zero-order valence-electron chi connectivity index (χ0n) is 11.8. The number of carbonyl (C=O) groups excluding carboxylic acids is 1. The van der Waals surface area contributed by atoms with Gasteiger partial charge in [0.05, 0.1) is 5.60 Å². The Morgan fingerprint density at radius 3 is 2.56 bits per heavy atom. The van der Waals surface area contributed by atoms with Crippen molar-refractivity contribution >= 4 is 5.91 Å². The Bertz CT molecular complexity index is 248. The van der Waals surface area contributed by atoms with E-state index in [-0.39, 0.29) is 18.1 Å². The van der Waals surface area contributed by atoms with Gasteiger partial charge in [0.25, 0.3) is 0 Å². The van der Waals surface area contributed by atoms with E-state index in [0.29, 0.717) is 13.1 Å². The topological polar surface area (TPSA) is 64.3 Å². The van der Waals surface area contributed by atoms with Crippen LogP contribution in [-0.4, -0.2) is 31.2 Å². The van der Waals surface area contributed by atoms with Crippen LogP contribution in [0.4, 0.5) is 0 Å². The Kier molecular flexibility index (Phi) is 6.65. The highest BCUT2D eigenvalue weighted by Gasteiger charge is 2.35. The van der Waals surface area contributed by atoms with E-state index in [2.05, 4.69) is 12.2 Å². The normalized spacial score (nSPS) is 28.1. The molecule has 1 saturated carbocycles. The molecule has 1 aliphatic rings. The Hall–Kier alpha value is -0.610. The highest BCUT2D eigenvalue weighted by molar-refractivity contribution is 5.77. The van der Waals surface area contributed by atoms with Crippen molar-refractivity contribution in [2.45, 2.75) is 58.0 Å². The van der Waals surface area contributed by atoms with Crippen LogP contribution in [0.1, 0.15) is 52.4 Å². The minimum atomic E-state index is -0.255. The molecule has 0 atom stereocenters. The van der Waals surface area contributed by atoms with Crippen LogP contribution in [-0.2, 0) is 9.53 Å². The Morgan fingerprint density at radius 1 is 1.39 bits per heavy atom. The second-order valence-electron chi connectivity index (χ2n) is 5.36. The van der Waals surface area contributed by atoms with Gasteiger partial charge in [0, 0.05) is 13.1 Å². The number of rotatable bonds is 7. The summed E-state index contributed by atoms with van der Waals surface area (Å²) in [5.74, 6) is 0.781. The summed E-state index contributed by atoms with van der Waals surface area (Å²) < 4.78 is 5.82. The quantitative estimate of drug-likeness (QED) is 0.730. The van der Waals surface area contributed by atoms with Crippen LogP contribution in [0.2, 0.25) is 0 Å². The van der Waals surface area contributed by atoms with E-state index in [1.165, 1.54) is 25.7 Å². The molecule has 0 unspecified atom stereocenters. The summed E-state index contributed by atoms with van der Waals surface area (Å²) in [5, 5.41) is 2.75. The van der Waals surface area contributed by atoms with Gasteiger partial charge in [0.1, 0.15) is 6.61 Å². The summed E-state index contributed by atoms with van der Waals surface area (Å²) in [5.41, 5.74) is 5.61. The molecule has 1 amide bonds. The third-order valence-electron chi connectivity index (χ3n) is 3.97. The summed E-state index contributed by atoms with van der Waals surface area (Å²) in [4.78, 5) is 11.4. The Morgan fingerprint density at radius 2 is 2.06 bits per heavy atom. The molecule has 0 radical (unpaired) electrons. The number of nitrogens with one attached hydrogen (secondary N) is 1. The molecule has 0 aromatic rings. The van der Waals surface area contributed by atoms with Crippen LogP contribution in [0, 0.1) is 5.92 Å². The molecule has 1 aliphatic carbocycles. The van der Waals surface area contributed by atoms with Gasteiger partial charge >= 0.3 is 0 Å². The summed E-state index contributed by atoms with van der Waals surface area (Å²) in [6, 6.07) is 0. The number of amides is 1. The zero-order valence-corrected chi connectivity index (χ0v) is 11.8. The van der Waals surface area contributed by atoms with Gasteiger partial charge in [-0.3, -0.25) is 4.79 Å². The molecule has 0 spiro atoms. The van der Waals surface area contributed by atoms with E-state index in [1.807, 2.05) is 6.92 Å². The van der Waals surface area contributed by atoms with Crippen LogP contribution in [0.15, 0.2) is 0 Å². The minimum absolute atomic E-state index is 0.0407. The van der Waals surface area contributed by atoms with Crippen molar-refractivity contribution in [1.29, 1.82) is 0 Å². The number of hydrogen-bond acceptors (Lipinski definition) is 3. The van der Waals surface area contributed by atoms with E-state index < -0.39 is 0 Å². The lowest BCUT2D eigenvalue weighted by atomic mass is 9.77. The average Bonchev–Trinajstić information content (AvgIpc) is 2.39. The molecule has 0 bridgehead atoms. The highest BCUT2D eigenvalue weighted by atomic mass is 16.5. The summed E-state index contributed by atoms with van der Waals surface area (Å²) >= 11 is 0. The van der Waals surface area contributed by atoms with Crippen LogP contribution in [0.3, 0.4) is 0 Å². The number of likely N-dealkylation sites (N-methyl/N-ethyl adjacent to an activating group) is 1. The van der Waals surface area contributed by atoms with E-state index in [9.17, 15) is 4.79 Å². The van der Waals surface area contributed by atoms with E-state index in [0.717, 1.165) is 18.8 Å². The SMILES string of the molecule is CCCC1CCC(CN)(OCC(=O)NCC)CC1. The number of hydrogen-bond donors (Lipinski definition) is 2. The van der Waals surface area contributed by atoms with Crippen molar-refractivity contribution in [1.82, 2.24) is 5.32 Å². The molecule has 1 rings (SSSR count). The molecule has 0 aromatic carbocycles. The van der Waals surface area contributed by atoms with Crippen LogP contribution >= 0.6 is 0 Å². The van der Waals surface area contributed by atoms with E-state index >= 15 is 0 Å². The smallest absolute Gasteiger partial charge is 0.246 e. The average molecular weight is 256 g/mol. The predicted octanol–water partition coefficient (Wildman–Crippen LogP) is 1.83. The second-order valence-corrected chi connectivity index (χ2v) is 5.36. The number of nitrogens with two attached hydrogens (primary N) is 1. The van der Waals surface area contributed by atoms with E-state index in [4.69, 9.17) is 10.5 Å². The fraction of sp³-hybridized carbons (Fsp3) is 0.929. The molecular formula is C14H28N2O2. The van der Waals surface area contributed by atoms with Gasteiger partial charge in [-0.1, -0.05) is 19.8 Å². The van der Waals surface area contributed by atoms with Gasteiger partial charge in [-0.05, 0) is 38.5 Å². The number of ether oxygens (including phenoxy) is 1. The summed E-state index contributed by atoms with van der Waals surface area (Å²) in [6.07, 6.45) is 6.90. The molecule has 4 nitrogen and oxygen atoms in total. The first-order valence-corrected chi connectivity index (χ1v) is 7.26. The number of carbonyl (C=O) groups is 1. The van der Waals surface area contributed by atoms with Crippen LogP contribution in [0.5, 0.6) is 0 Å². The maximum atomic E-state index is 11.4. The van der Waals surface area contributed by atoms with Gasteiger partial charge < -0.3 is 15.8 Å². The molecule has 0 aromatic heterocycles. The van der Waals surface area contributed by atoms with Gasteiger partial charge in [-0.2, -0.15) is 0 Å². The molecule has 3 N–H and O–H groups in total. The predicted molar refractivity (Wildman–Crippen MR) is 73.3 cm³/mol. The molecule has 0 heterocycles. The first-order valence-electron chi connectivity index (χ1n) is 7.26. The molecule has 4 heteroatoms. The zero-order chi connectivity index (χ0) is 13.4. The van der Waals surface area contributed by atoms with Crippen LogP contribution in [0.25, 0.3) is 0 Å². The van der Waals surface area contributed by atoms with Crippen molar-refractivity contribution in [3.05, 3.63) is 0 Å². The lowest BCUT2D eigenvalue weighted by Crippen LogP contribution is -2.46. The van der Waals surface area contributed by atoms with Crippen molar-refractivity contribution in [2.75, 3.05) is 19.7 Å². The van der Waals surface area contributed by atoms with Crippen molar-refractivity contribution in [2.24, 2.45) is 11.7 Å². The molecule has 106 valence electrons. The molecular weight excluding hydrogens is 228 g/mol. The molecule has 0 saturated heterocycles. The molecule has 1 fully saturated rings. The van der Waals surface area contributed by atoms with Crippen LogP contribution < -0.4 is 11.1 Å². The molecule has 18 heavy (non-hydrogen) atoms. The standard InChI is InChI=1S/C14H28N2O2/c1-3-5-12-6-8-14(11-15,9-7-12)18-10-13(17)16-4-2/h12H,3-11,15H2,1-2H3,(H,16,17). The van der Waals surface area contributed by atoms with Gasteiger partial charge in [0.2, 0.25) is 5.91 Å². The fourth-order valence-corrected chi connectivity index (χ4v) is 2.77. The Balaban J connectivity index is 2.38. The van der Waals surface area contributed by atoms with Crippen molar-refractivity contribution in [3.8, 4) is 0 Å². The van der Waals surface area contributed by atoms with Crippen molar-refractivity contribution < 1.29 is 9.53 Å². The maximum absolute atomic E-state index is 11.4. The van der Waals surface area contributed by atoms with Gasteiger partial charge in [-0.25, -0.2) is 0 Å². The third-order valence-corrected chi connectivity index (χ3v) is 3.97. The first kappa shape index (κ1) is 15.4. The Labute approximate surface area is 111 Å². The first-order chi connectivity index (χ1) is 8.65. The van der Waals surface area contributed by atoms with Gasteiger partial charge in [-0.15, -0.1) is 0 Å². The largest absolute Gasteiger partial charge is 0.364 e. The lowest BCUT2D eigenvalue weighted by molar-refractivity contribution is -0.136. The van der Waals surface area contributed by atoms with Crippen molar-refractivity contribution in [3.63, 3.8) is 0 Å². The minimum Gasteiger partial charge on any atom is -0.364 e. The third kappa shape index (κ3) is 4.58. The second kappa shape index (κ2) is 7.74. The highest BCUT2D eigenvalue weighted by Crippen LogP contribution is 2.36. The summed E-state index contributed by atoms with van der Waals surface area (Å²) in [7, 11) is 0. The van der Waals surface area contributed by atoms with Gasteiger partial charge in [0.15, 0.2) is 0 Å². The fourth-order valence-electron chi connectivity index (χ4n) is 2.77. The maximum Gasteiger partial charge on any atom is 0.246 e. The monoisotopic (exact) mass is 256 g/mol. The molecule has 0 aliphatic heterocycles. The lowest BCUT2D eigenvalue weighted by Gasteiger charge is -2.39. The van der Waals surface area contributed by atoms with E-state index in [1.54, 1.807) is 0 Å².